The van der Waals surface area contributed by atoms with Crippen molar-refractivity contribution in [3.05, 3.63) is 59.2 Å². The number of aryl methyl sites for hydroxylation is 1. The normalized spacial score (nSPS) is 15.6. The fourth-order valence-corrected chi connectivity index (χ4v) is 3.48. The van der Waals surface area contributed by atoms with Crippen LogP contribution in [-0.2, 0) is 0 Å². The van der Waals surface area contributed by atoms with E-state index in [1.54, 1.807) is 19.2 Å². The molecule has 1 atom stereocenters. The van der Waals surface area contributed by atoms with Crippen molar-refractivity contribution in [3.63, 3.8) is 0 Å². The molecule has 1 saturated heterocycles. The molecule has 138 valence electrons. The van der Waals surface area contributed by atoms with Gasteiger partial charge >= 0.3 is 0 Å². The predicted octanol–water partition coefficient (Wildman–Crippen LogP) is 3.28. The predicted molar refractivity (Wildman–Crippen MR) is 102 cm³/mol. The van der Waals surface area contributed by atoms with Gasteiger partial charge in [0.2, 0.25) is 0 Å². The zero-order valence-electron chi connectivity index (χ0n) is 15.4. The van der Waals surface area contributed by atoms with Crippen molar-refractivity contribution >= 4 is 5.91 Å². The number of carbonyl (C=O) groups is 1. The van der Waals surface area contributed by atoms with E-state index in [0.717, 1.165) is 30.0 Å². The number of hydrogen-bond donors (Lipinski definition) is 2. The number of aromatic hydroxyl groups is 1. The van der Waals surface area contributed by atoms with Gasteiger partial charge in [0.05, 0.1) is 18.7 Å². The molecule has 2 aromatic rings. The monoisotopic (exact) mass is 354 g/mol. The highest BCUT2D eigenvalue weighted by atomic mass is 16.5. The van der Waals surface area contributed by atoms with Crippen LogP contribution in [0.4, 0.5) is 0 Å². The molecule has 1 fully saturated rings. The molecule has 0 saturated carbocycles. The number of methoxy groups -OCH3 is 1. The molecule has 1 unspecified atom stereocenters. The number of rotatable bonds is 6. The summed E-state index contributed by atoms with van der Waals surface area (Å²) in [4.78, 5) is 14.9. The SMILES string of the molecule is COc1cccc(C(CNC(=O)c2ccc(C)cc2O)N2CCCC2)c1. The highest BCUT2D eigenvalue weighted by Gasteiger charge is 2.25. The lowest BCUT2D eigenvalue weighted by atomic mass is 10.0. The third-order valence-electron chi connectivity index (χ3n) is 4.91. The van der Waals surface area contributed by atoms with Crippen molar-refractivity contribution in [2.75, 3.05) is 26.7 Å². The summed E-state index contributed by atoms with van der Waals surface area (Å²) in [5, 5.41) is 13.0. The first kappa shape index (κ1) is 18.3. The van der Waals surface area contributed by atoms with E-state index in [-0.39, 0.29) is 17.7 Å². The number of nitrogens with one attached hydrogen (secondary N) is 1. The molecule has 0 aromatic heterocycles. The number of phenols is 1. The van der Waals surface area contributed by atoms with E-state index in [1.165, 1.54) is 12.8 Å². The van der Waals surface area contributed by atoms with Crippen molar-refractivity contribution in [1.82, 2.24) is 10.2 Å². The zero-order chi connectivity index (χ0) is 18.5. The summed E-state index contributed by atoms with van der Waals surface area (Å²) in [6.45, 7) is 4.41. The third-order valence-corrected chi connectivity index (χ3v) is 4.91. The number of hydrogen-bond acceptors (Lipinski definition) is 4. The van der Waals surface area contributed by atoms with Crippen LogP contribution in [0.15, 0.2) is 42.5 Å². The van der Waals surface area contributed by atoms with E-state index in [4.69, 9.17) is 4.74 Å². The number of likely N-dealkylation sites (tertiary alicyclic amines) is 1. The van der Waals surface area contributed by atoms with Crippen LogP contribution in [-0.4, -0.2) is 42.7 Å². The van der Waals surface area contributed by atoms with Gasteiger partial charge in [0.1, 0.15) is 11.5 Å². The Hall–Kier alpha value is -2.53. The maximum Gasteiger partial charge on any atom is 0.255 e. The van der Waals surface area contributed by atoms with Gasteiger partial charge in [-0.2, -0.15) is 0 Å². The van der Waals surface area contributed by atoms with Crippen LogP contribution in [0.2, 0.25) is 0 Å². The first-order chi connectivity index (χ1) is 12.6. The topological polar surface area (TPSA) is 61.8 Å². The Bertz CT molecular complexity index is 770. The summed E-state index contributed by atoms with van der Waals surface area (Å²) in [5.41, 5.74) is 2.35. The van der Waals surface area contributed by atoms with Crippen molar-refractivity contribution < 1.29 is 14.6 Å². The van der Waals surface area contributed by atoms with Crippen LogP contribution < -0.4 is 10.1 Å². The number of carbonyl (C=O) groups excluding carboxylic acids is 1. The van der Waals surface area contributed by atoms with Gasteiger partial charge in [-0.25, -0.2) is 0 Å². The molecule has 1 amide bonds. The molecule has 3 rings (SSSR count). The molecule has 0 radical (unpaired) electrons. The van der Waals surface area contributed by atoms with Gasteiger partial charge in [-0.05, 0) is 68.2 Å². The summed E-state index contributed by atoms with van der Waals surface area (Å²) < 4.78 is 5.35. The smallest absolute Gasteiger partial charge is 0.255 e. The van der Waals surface area contributed by atoms with Gasteiger partial charge in [0, 0.05) is 6.54 Å². The molecule has 0 bridgehead atoms. The molecular weight excluding hydrogens is 328 g/mol. The van der Waals surface area contributed by atoms with Gasteiger partial charge in [0.15, 0.2) is 0 Å². The average molecular weight is 354 g/mol. The first-order valence-electron chi connectivity index (χ1n) is 9.04. The summed E-state index contributed by atoms with van der Waals surface area (Å²) in [6.07, 6.45) is 2.35. The maximum atomic E-state index is 12.5. The molecule has 26 heavy (non-hydrogen) atoms. The Morgan fingerprint density at radius 3 is 2.69 bits per heavy atom. The van der Waals surface area contributed by atoms with Crippen LogP contribution in [0.25, 0.3) is 0 Å². The summed E-state index contributed by atoms with van der Waals surface area (Å²) in [5.74, 6) is 0.574. The van der Waals surface area contributed by atoms with Gasteiger partial charge in [-0.1, -0.05) is 18.2 Å². The van der Waals surface area contributed by atoms with Gasteiger partial charge in [-0.3, -0.25) is 9.69 Å². The minimum absolute atomic E-state index is 0.0154. The minimum Gasteiger partial charge on any atom is -0.507 e. The zero-order valence-corrected chi connectivity index (χ0v) is 15.4. The Labute approximate surface area is 154 Å². The van der Waals surface area contributed by atoms with E-state index in [9.17, 15) is 9.90 Å². The lowest BCUT2D eigenvalue weighted by Gasteiger charge is -2.28. The standard InChI is InChI=1S/C21H26N2O3/c1-15-8-9-18(20(24)12-15)21(25)22-14-19(23-10-3-4-11-23)16-6-5-7-17(13-16)26-2/h5-9,12-13,19,24H,3-4,10-11,14H2,1-2H3,(H,22,25). The van der Waals surface area contributed by atoms with Gasteiger partial charge in [0.25, 0.3) is 5.91 Å². The van der Waals surface area contributed by atoms with Crippen molar-refractivity contribution in [3.8, 4) is 11.5 Å². The van der Waals surface area contributed by atoms with E-state index < -0.39 is 0 Å². The average Bonchev–Trinajstić information content (AvgIpc) is 3.16. The molecule has 2 N–H and O–H groups in total. The quantitative estimate of drug-likeness (QED) is 0.836. The second-order valence-electron chi connectivity index (χ2n) is 6.77. The van der Waals surface area contributed by atoms with Crippen LogP contribution in [0.3, 0.4) is 0 Å². The fourth-order valence-electron chi connectivity index (χ4n) is 3.48. The molecular formula is C21H26N2O3. The second-order valence-corrected chi connectivity index (χ2v) is 6.77. The van der Waals surface area contributed by atoms with Crippen LogP contribution in [0.5, 0.6) is 11.5 Å². The van der Waals surface area contributed by atoms with Crippen LogP contribution in [0, 0.1) is 6.92 Å². The molecule has 1 aliphatic heterocycles. The van der Waals surface area contributed by atoms with Crippen molar-refractivity contribution in [2.24, 2.45) is 0 Å². The molecule has 5 heteroatoms. The third kappa shape index (κ3) is 4.17. The second kappa shape index (κ2) is 8.23. The molecule has 0 spiro atoms. The van der Waals surface area contributed by atoms with E-state index in [2.05, 4.69) is 16.3 Å². The van der Waals surface area contributed by atoms with Crippen LogP contribution >= 0.6 is 0 Å². The Kier molecular flexibility index (Phi) is 5.78. The largest absolute Gasteiger partial charge is 0.507 e. The molecule has 1 aliphatic rings. The molecule has 5 nitrogen and oxygen atoms in total. The highest BCUT2D eigenvalue weighted by molar-refractivity contribution is 5.96. The molecule has 0 aliphatic carbocycles. The van der Waals surface area contributed by atoms with E-state index >= 15 is 0 Å². The van der Waals surface area contributed by atoms with Gasteiger partial charge < -0.3 is 15.2 Å². The lowest BCUT2D eigenvalue weighted by Crippen LogP contribution is -2.36. The first-order valence-corrected chi connectivity index (χ1v) is 9.04. The summed E-state index contributed by atoms with van der Waals surface area (Å²) in [6, 6.07) is 13.2. The van der Waals surface area contributed by atoms with Crippen molar-refractivity contribution in [1.29, 1.82) is 0 Å². The molecule has 2 aromatic carbocycles. The Morgan fingerprint density at radius 1 is 1.23 bits per heavy atom. The maximum absolute atomic E-state index is 12.5. The minimum atomic E-state index is -0.255. The van der Waals surface area contributed by atoms with E-state index in [0.29, 0.717) is 12.1 Å². The lowest BCUT2D eigenvalue weighted by molar-refractivity contribution is 0.0935. The van der Waals surface area contributed by atoms with Crippen LogP contribution in [0.1, 0.15) is 40.4 Å². The Morgan fingerprint density at radius 2 is 2.00 bits per heavy atom. The summed E-state index contributed by atoms with van der Waals surface area (Å²) >= 11 is 0. The number of benzene rings is 2. The number of phenolic OH excluding ortho intramolecular Hbond substituents is 1. The highest BCUT2D eigenvalue weighted by Crippen LogP contribution is 2.27. The molecule has 1 heterocycles. The van der Waals surface area contributed by atoms with E-state index in [1.807, 2.05) is 31.2 Å². The van der Waals surface area contributed by atoms with Crippen molar-refractivity contribution in [2.45, 2.75) is 25.8 Å². The number of amides is 1. The number of nitrogens with zero attached hydrogens (tertiary/aromatic N) is 1. The fraction of sp³-hybridized carbons (Fsp3) is 0.381. The Balaban J connectivity index is 1.76. The summed E-state index contributed by atoms with van der Waals surface area (Å²) in [7, 11) is 1.66. The van der Waals surface area contributed by atoms with Gasteiger partial charge in [-0.15, -0.1) is 0 Å². The number of ether oxygens (including phenoxy) is 1.